The molecule has 8 heteroatoms. The number of halogens is 1. The molecule has 2 aromatic carbocycles. The van der Waals surface area contributed by atoms with E-state index in [9.17, 15) is 14.4 Å². The highest BCUT2D eigenvalue weighted by Crippen LogP contribution is 2.21. The molecule has 1 fully saturated rings. The summed E-state index contributed by atoms with van der Waals surface area (Å²) in [5, 5.41) is 0.680. The molecule has 7 nitrogen and oxygen atoms in total. The predicted molar refractivity (Wildman–Crippen MR) is 118 cm³/mol. The van der Waals surface area contributed by atoms with Gasteiger partial charge in [0.1, 0.15) is 6.54 Å². The zero-order valence-electron chi connectivity index (χ0n) is 16.8. The van der Waals surface area contributed by atoms with Crippen LogP contribution < -0.4 is 16.0 Å². The molecule has 0 atom stereocenters. The minimum absolute atomic E-state index is 0.143. The Bertz CT molecular complexity index is 1210. The van der Waals surface area contributed by atoms with Crippen LogP contribution in [0.25, 0.3) is 11.0 Å². The monoisotopic (exact) mass is 426 g/mol. The number of fused-ring (bicyclic) bond motifs is 1. The van der Waals surface area contributed by atoms with Crippen LogP contribution in [0.4, 0.5) is 5.69 Å². The fourth-order valence-electron chi connectivity index (χ4n) is 3.96. The lowest BCUT2D eigenvalue weighted by Gasteiger charge is -2.36. The van der Waals surface area contributed by atoms with Crippen molar-refractivity contribution in [3.8, 4) is 0 Å². The van der Waals surface area contributed by atoms with Crippen molar-refractivity contribution in [3.63, 3.8) is 0 Å². The predicted octanol–water partition coefficient (Wildman–Crippen LogP) is 2.19. The standard InChI is InChI=1S/C22H23ClN4O3/c1-2-26-18-8-3-4-9-19(18)27(22(30)21(26)29)15-20(28)25-12-10-24(11-13-25)17-7-5-6-16(23)14-17/h3-9,14H,2,10-13,15H2,1H3. The van der Waals surface area contributed by atoms with Crippen molar-refractivity contribution in [1.82, 2.24) is 14.0 Å². The third kappa shape index (κ3) is 3.73. The Kier molecular flexibility index (Phi) is 5.63. The second kappa shape index (κ2) is 8.36. The van der Waals surface area contributed by atoms with E-state index >= 15 is 0 Å². The summed E-state index contributed by atoms with van der Waals surface area (Å²) in [7, 11) is 0. The van der Waals surface area contributed by atoms with E-state index in [1.807, 2.05) is 37.3 Å². The molecule has 1 amide bonds. The molecule has 1 aliphatic heterocycles. The maximum Gasteiger partial charge on any atom is 0.317 e. The van der Waals surface area contributed by atoms with Crippen LogP contribution in [0.2, 0.25) is 5.02 Å². The van der Waals surface area contributed by atoms with Crippen LogP contribution in [-0.2, 0) is 17.9 Å². The molecule has 0 bridgehead atoms. The highest BCUT2D eigenvalue weighted by Gasteiger charge is 2.23. The molecule has 0 saturated carbocycles. The minimum Gasteiger partial charge on any atom is -0.368 e. The molecule has 1 saturated heterocycles. The topological polar surface area (TPSA) is 67.5 Å². The number of nitrogens with zero attached hydrogens (tertiary/aromatic N) is 4. The zero-order chi connectivity index (χ0) is 21.3. The van der Waals surface area contributed by atoms with Gasteiger partial charge in [-0.2, -0.15) is 0 Å². The molecule has 1 aliphatic rings. The van der Waals surface area contributed by atoms with Gasteiger partial charge in [0.15, 0.2) is 0 Å². The van der Waals surface area contributed by atoms with Crippen molar-refractivity contribution in [2.24, 2.45) is 0 Å². The van der Waals surface area contributed by atoms with E-state index in [2.05, 4.69) is 4.90 Å². The summed E-state index contributed by atoms with van der Waals surface area (Å²) in [6.07, 6.45) is 0. The second-order valence-electron chi connectivity index (χ2n) is 7.28. The Morgan fingerprint density at radius 3 is 2.17 bits per heavy atom. The lowest BCUT2D eigenvalue weighted by Crippen LogP contribution is -2.51. The molecule has 0 N–H and O–H groups in total. The van der Waals surface area contributed by atoms with Gasteiger partial charge in [0.2, 0.25) is 5.91 Å². The van der Waals surface area contributed by atoms with Crippen LogP contribution in [0.5, 0.6) is 0 Å². The van der Waals surface area contributed by atoms with Crippen molar-refractivity contribution in [2.45, 2.75) is 20.0 Å². The first kappa shape index (κ1) is 20.2. The number of rotatable bonds is 4. The third-order valence-corrected chi connectivity index (χ3v) is 5.79. The minimum atomic E-state index is -0.665. The number of carbonyl (C=O) groups is 1. The van der Waals surface area contributed by atoms with Gasteiger partial charge in [-0.25, -0.2) is 0 Å². The second-order valence-corrected chi connectivity index (χ2v) is 7.71. The number of piperazine rings is 1. The van der Waals surface area contributed by atoms with Crippen molar-refractivity contribution in [3.05, 3.63) is 74.3 Å². The first-order chi connectivity index (χ1) is 14.5. The van der Waals surface area contributed by atoms with Gasteiger partial charge in [0.25, 0.3) is 0 Å². The molecule has 30 heavy (non-hydrogen) atoms. The number of aromatic nitrogens is 2. The molecule has 156 valence electrons. The summed E-state index contributed by atoms with van der Waals surface area (Å²) >= 11 is 6.08. The lowest BCUT2D eigenvalue weighted by atomic mass is 10.2. The Labute approximate surface area is 178 Å². The van der Waals surface area contributed by atoms with Crippen LogP contribution in [0, 0.1) is 0 Å². The zero-order valence-corrected chi connectivity index (χ0v) is 17.5. The Morgan fingerprint density at radius 2 is 1.53 bits per heavy atom. The normalized spacial score (nSPS) is 14.3. The van der Waals surface area contributed by atoms with Crippen molar-refractivity contribution >= 4 is 34.2 Å². The number of aryl methyl sites for hydroxylation is 1. The summed E-state index contributed by atoms with van der Waals surface area (Å²) in [5.74, 6) is -0.165. The SMILES string of the molecule is CCn1c(=O)c(=O)n(CC(=O)N2CCN(c3cccc(Cl)c3)CC2)c2ccccc21. The fourth-order valence-corrected chi connectivity index (χ4v) is 4.15. The van der Waals surface area contributed by atoms with E-state index in [4.69, 9.17) is 11.6 Å². The van der Waals surface area contributed by atoms with Crippen LogP contribution in [0.15, 0.2) is 58.1 Å². The van der Waals surface area contributed by atoms with E-state index < -0.39 is 11.1 Å². The van der Waals surface area contributed by atoms with Crippen molar-refractivity contribution in [2.75, 3.05) is 31.1 Å². The number of carbonyl (C=O) groups excluding carboxylic acids is 1. The molecule has 2 heterocycles. The highest BCUT2D eigenvalue weighted by atomic mass is 35.5. The highest BCUT2D eigenvalue weighted by molar-refractivity contribution is 6.30. The van der Waals surface area contributed by atoms with E-state index in [1.54, 1.807) is 23.1 Å². The lowest BCUT2D eigenvalue weighted by molar-refractivity contribution is -0.132. The Morgan fingerprint density at radius 1 is 0.900 bits per heavy atom. The largest absolute Gasteiger partial charge is 0.368 e. The number of amides is 1. The first-order valence-corrected chi connectivity index (χ1v) is 10.4. The van der Waals surface area contributed by atoms with Crippen LogP contribution >= 0.6 is 11.6 Å². The van der Waals surface area contributed by atoms with Gasteiger partial charge >= 0.3 is 11.1 Å². The van der Waals surface area contributed by atoms with Gasteiger partial charge in [-0.05, 0) is 37.3 Å². The first-order valence-electron chi connectivity index (χ1n) is 10.00. The molecule has 4 rings (SSSR count). The van der Waals surface area contributed by atoms with Crippen LogP contribution in [-0.4, -0.2) is 46.1 Å². The van der Waals surface area contributed by atoms with Gasteiger partial charge < -0.3 is 14.4 Å². The smallest absolute Gasteiger partial charge is 0.317 e. The van der Waals surface area contributed by atoms with Gasteiger partial charge in [-0.3, -0.25) is 19.0 Å². The quantitative estimate of drug-likeness (QED) is 0.600. The Balaban J connectivity index is 1.54. The molecular formula is C22H23ClN4O3. The average molecular weight is 427 g/mol. The molecule has 0 unspecified atom stereocenters. The molecular weight excluding hydrogens is 404 g/mol. The number of benzene rings is 2. The molecule has 0 spiro atoms. The summed E-state index contributed by atoms with van der Waals surface area (Å²) in [6.45, 7) is 4.53. The maximum atomic E-state index is 12.9. The van der Waals surface area contributed by atoms with Crippen molar-refractivity contribution < 1.29 is 4.79 Å². The fraction of sp³-hybridized carbons (Fsp3) is 0.318. The number of hydrogen-bond acceptors (Lipinski definition) is 4. The van der Waals surface area contributed by atoms with Gasteiger partial charge in [-0.1, -0.05) is 29.8 Å². The summed E-state index contributed by atoms with van der Waals surface area (Å²) in [6, 6.07) is 14.8. The number of anilines is 1. The van der Waals surface area contributed by atoms with E-state index in [0.717, 1.165) is 5.69 Å². The molecule has 1 aromatic heterocycles. The number of hydrogen-bond donors (Lipinski definition) is 0. The molecule has 0 radical (unpaired) electrons. The van der Waals surface area contributed by atoms with E-state index in [1.165, 1.54) is 9.13 Å². The third-order valence-electron chi connectivity index (χ3n) is 5.55. The summed E-state index contributed by atoms with van der Waals surface area (Å²) in [4.78, 5) is 42.1. The summed E-state index contributed by atoms with van der Waals surface area (Å²) in [5.41, 5.74) is 1.01. The van der Waals surface area contributed by atoms with Crippen LogP contribution in [0.3, 0.4) is 0 Å². The van der Waals surface area contributed by atoms with E-state index in [-0.39, 0.29) is 12.5 Å². The van der Waals surface area contributed by atoms with Crippen molar-refractivity contribution in [1.29, 1.82) is 0 Å². The van der Waals surface area contributed by atoms with Gasteiger partial charge in [0, 0.05) is 43.4 Å². The number of para-hydroxylation sites is 2. The molecule has 0 aliphatic carbocycles. The average Bonchev–Trinajstić information content (AvgIpc) is 2.77. The maximum absolute atomic E-state index is 12.9. The summed E-state index contributed by atoms with van der Waals surface area (Å²) < 4.78 is 2.75. The van der Waals surface area contributed by atoms with E-state index in [0.29, 0.717) is 48.8 Å². The van der Waals surface area contributed by atoms with Gasteiger partial charge in [0.05, 0.1) is 11.0 Å². The Hall–Kier alpha value is -3.06. The van der Waals surface area contributed by atoms with Gasteiger partial charge in [-0.15, -0.1) is 0 Å². The van der Waals surface area contributed by atoms with Crippen LogP contribution in [0.1, 0.15) is 6.92 Å². The molecule has 3 aromatic rings.